The van der Waals surface area contributed by atoms with Crippen LogP contribution in [-0.4, -0.2) is 23.9 Å². The zero-order valence-electron chi connectivity index (χ0n) is 8.37. The summed E-state index contributed by atoms with van der Waals surface area (Å²) >= 11 is 0. The number of hydrogen-bond acceptors (Lipinski definition) is 3. The Morgan fingerprint density at radius 2 is 1.92 bits per heavy atom. The first kappa shape index (κ1) is 10.5. The number of carbonyl (C=O) groups is 1. The Labute approximate surface area is 78.4 Å². The highest BCUT2D eigenvalue weighted by Gasteiger charge is 2.43. The molecule has 4 nitrogen and oxygen atoms in total. The Morgan fingerprint density at radius 3 is 2.23 bits per heavy atom. The lowest BCUT2D eigenvalue weighted by atomic mass is 10.1. The molecule has 0 radical (unpaired) electrons. The summed E-state index contributed by atoms with van der Waals surface area (Å²) in [4.78, 5) is 11.2. The fourth-order valence-corrected chi connectivity index (χ4v) is 1.70. The van der Waals surface area contributed by atoms with Crippen molar-refractivity contribution in [1.82, 2.24) is 0 Å². The molecule has 0 aromatic heterocycles. The van der Waals surface area contributed by atoms with Gasteiger partial charge in [0, 0.05) is 6.42 Å². The first-order chi connectivity index (χ1) is 6.00. The predicted octanol–water partition coefficient (Wildman–Crippen LogP) is 0.792. The molecule has 1 aliphatic rings. The SMILES string of the molecule is CCC1(C(N)=O)OC(C)CC(C)O1. The summed E-state index contributed by atoms with van der Waals surface area (Å²) < 4.78 is 10.9. The van der Waals surface area contributed by atoms with Crippen molar-refractivity contribution in [3.8, 4) is 0 Å². The standard InChI is InChI=1S/C9H17NO3/c1-4-9(8(10)11)12-6(2)5-7(3)13-9/h6-7H,4-5H2,1-3H3,(H2,10,11). The highest BCUT2D eigenvalue weighted by molar-refractivity contribution is 5.81. The smallest absolute Gasteiger partial charge is 0.277 e. The number of amides is 1. The number of hydrogen-bond donors (Lipinski definition) is 1. The van der Waals surface area contributed by atoms with Crippen LogP contribution in [0, 0.1) is 0 Å². The molecule has 0 bridgehead atoms. The van der Waals surface area contributed by atoms with Crippen molar-refractivity contribution < 1.29 is 14.3 Å². The molecule has 2 unspecified atom stereocenters. The van der Waals surface area contributed by atoms with Crippen LogP contribution in [0.4, 0.5) is 0 Å². The van der Waals surface area contributed by atoms with Crippen LogP contribution in [-0.2, 0) is 14.3 Å². The van der Waals surface area contributed by atoms with Gasteiger partial charge >= 0.3 is 0 Å². The van der Waals surface area contributed by atoms with Gasteiger partial charge in [-0.2, -0.15) is 0 Å². The van der Waals surface area contributed by atoms with Crippen LogP contribution in [0.5, 0.6) is 0 Å². The first-order valence-electron chi connectivity index (χ1n) is 4.65. The quantitative estimate of drug-likeness (QED) is 0.695. The van der Waals surface area contributed by atoms with Gasteiger partial charge in [-0.25, -0.2) is 0 Å². The average molecular weight is 187 g/mol. The van der Waals surface area contributed by atoms with E-state index in [1.165, 1.54) is 0 Å². The van der Waals surface area contributed by atoms with Crippen LogP contribution in [0.25, 0.3) is 0 Å². The molecule has 1 heterocycles. The summed E-state index contributed by atoms with van der Waals surface area (Å²) in [6.07, 6.45) is 1.30. The van der Waals surface area contributed by atoms with Crippen molar-refractivity contribution in [2.75, 3.05) is 0 Å². The maximum atomic E-state index is 11.2. The molecule has 1 amide bonds. The van der Waals surface area contributed by atoms with Gasteiger partial charge < -0.3 is 15.2 Å². The van der Waals surface area contributed by atoms with Crippen molar-refractivity contribution >= 4 is 5.91 Å². The van der Waals surface area contributed by atoms with Crippen LogP contribution in [0.1, 0.15) is 33.6 Å². The Hall–Kier alpha value is -0.610. The Kier molecular flexibility index (Phi) is 2.93. The number of primary amides is 1. The molecule has 4 heteroatoms. The van der Waals surface area contributed by atoms with E-state index < -0.39 is 11.7 Å². The molecule has 0 aromatic rings. The molecule has 1 fully saturated rings. The molecule has 1 rings (SSSR count). The van der Waals surface area contributed by atoms with E-state index in [4.69, 9.17) is 15.2 Å². The van der Waals surface area contributed by atoms with Gasteiger partial charge in [-0.05, 0) is 20.3 Å². The van der Waals surface area contributed by atoms with Crippen molar-refractivity contribution in [3.05, 3.63) is 0 Å². The summed E-state index contributed by atoms with van der Waals surface area (Å²) in [7, 11) is 0. The minimum absolute atomic E-state index is 0.0243. The van der Waals surface area contributed by atoms with Crippen LogP contribution < -0.4 is 5.73 Å². The van der Waals surface area contributed by atoms with Crippen LogP contribution in [0.3, 0.4) is 0 Å². The molecule has 1 aliphatic heterocycles. The minimum Gasteiger partial charge on any atom is -0.365 e. The lowest BCUT2D eigenvalue weighted by molar-refractivity contribution is -0.294. The molecule has 0 aliphatic carbocycles. The maximum absolute atomic E-state index is 11.2. The minimum atomic E-state index is -1.20. The monoisotopic (exact) mass is 187 g/mol. The molecule has 2 atom stereocenters. The van der Waals surface area contributed by atoms with Gasteiger partial charge in [-0.1, -0.05) is 6.92 Å². The van der Waals surface area contributed by atoms with Crippen LogP contribution in [0.2, 0.25) is 0 Å². The van der Waals surface area contributed by atoms with Gasteiger partial charge in [0.25, 0.3) is 5.91 Å². The van der Waals surface area contributed by atoms with Crippen molar-refractivity contribution in [2.24, 2.45) is 5.73 Å². The number of ether oxygens (including phenoxy) is 2. The molecular formula is C9H17NO3. The normalized spacial score (nSPS) is 40.2. The van der Waals surface area contributed by atoms with Crippen LogP contribution >= 0.6 is 0 Å². The topological polar surface area (TPSA) is 61.6 Å². The van der Waals surface area contributed by atoms with E-state index in [-0.39, 0.29) is 12.2 Å². The van der Waals surface area contributed by atoms with E-state index >= 15 is 0 Å². The lowest BCUT2D eigenvalue weighted by Gasteiger charge is -2.40. The average Bonchev–Trinajstić information content (AvgIpc) is 2.02. The van der Waals surface area contributed by atoms with E-state index in [0.29, 0.717) is 6.42 Å². The van der Waals surface area contributed by atoms with E-state index in [9.17, 15) is 4.79 Å². The predicted molar refractivity (Wildman–Crippen MR) is 47.9 cm³/mol. The fourth-order valence-electron chi connectivity index (χ4n) is 1.70. The van der Waals surface area contributed by atoms with Gasteiger partial charge in [0.1, 0.15) is 0 Å². The molecular weight excluding hydrogens is 170 g/mol. The van der Waals surface area contributed by atoms with Gasteiger partial charge in [0.15, 0.2) is 0 Å². The number of carbonyl (C=O) groups excluding carboxylic acids is 1. The number of nitrogens with two attached hydrogens (primary N) is 1. The lowest BCUT2D eigenvalue weighted by Crippen LogP contribution is -2.55. The molecule has 2 N–H and O–H groups in total. The van der Waals surface area contributed by atoms with Gasteiger partial charge in [0.2, 0.25) is 5.79 Å². The third-order valence-electron chi connectivity index (χ3n) is 2.29. The Morgan fingerprint density at radius 1 is 1.46 bits per heavy atom. The molecule has 1 saturated heterocycles. The second kappa shape index (κ2) is 3.64. The second-order valence-corrected chi connectivity index (χ2v) is 3.56. The second-order valence-electron chi connectivity index (χ2n) is 3.56. The maximum Gasteiger partial charge on any atom is 0.277 e. The molecule has 13 heavy (non-hydrogen) atoms. The summed E-state index contributed by atoms with van der Waals surface area (Å²) in [6, 6.07) is 0. The summed E-state index contributed by atoms with van der Waals surface area (Å²) in [6.45, 7) is 5.67. The summed E-state index contributed by atoms with van der Waals surface area (Å²) in [5.41, 5.74) is 5.25. The van der Waals surface area contributed by atoms with Crippen molar-refractivity contribution in [3.63, 3.8) is 0 Å². The number of rotatable bonds is 2. The largest absolute Gasteiger partial charge is 0.365 e. The fraction of sp³-hybridized carbons (Fsp3) is 0.889. The Balaban J connectivity index is 2.80. The zero-order chi connectivity index (χ0) is 10.1. The van der Waals surface area contributed by atoms with Crippen LogP contribution in [0.15, 0.2) is 0 Å². The van der Waals surface area contributed by atoms with E-state index in [2.05, 4.69) is 0 Å². The third-order valence-corrected chi connectivity index (χ3v) is 2.29. The summed E-state index contributed by atoms with van der Waals surface area (Å²) in [5, 5.41) is 0. The van der Waals surface area contributed by atoms with Crippen molar-refractivity contribution in [1.29, 1.82) is 0 Å². The van der Waals surface area contributed by atoms with E-state index in [0.717, 1.165) is 6.42 Å². The molecule has 0 saturated carbocycles. The first-order valence-corrected chi connectivity index (χ1v) is 4.65. The highest BCUT2D eigenvalue weighted by Crippen LogP contribution is 2.29. The van der Waals surface area contributed by atoms with Gasteiger partial charge in [-0.15, -0.1) is 0 Å². The molecule has 76 valence electrons. The zero-order valence-corrected chi connectivity index (χ0v) is 8.37. The summed E-state index contributed by atoms with van der Waals surface area (Å²) in [5.74, 6) is -1.73. The molecule has 0 aromatic carbocycles. The van der Waals surface area contributed by atoms with Crippen molar-refractivity contribution in [2.45, 2.75) is 51.6 Å². The third kappa shape index (κ3) is 2.00. The van der Waals surface area contributed by atoms with E-state index in [1.54, 1.807) is 0 Å². The van der Waals surface area contributed by atoms with E-state index in [1.807, 2.05) is 20.8 Å². The highest BCUT2D eigenvalue weighted by atomic mass is 16.7. The van der Waals surface area contributed by atoms with Gasteiger partial charge in [-0.3, -0.25) is 4.79 Å². The Bertz CT molecular complexity index is 195. The van der Waals surface area contributed by atoms with Gasteiger partial charge in [0.05, 0.1) is 12.2 Å². The molecule has 0 spiro atoms.